The minimum atomic E-state index is -1.04. The number of hydrogen-bond acceptors (Lipinski definition) is 2. The first-order valence-electron chi connectivity index (χ1n) is 7.20. The van der Waals surface area contributed by atoms with E-state index in [0.717, 1.165) is 11.1 Å². The van der Waals surface area contributed by atoms with Gasteiger partial charge in [0.25, 0.3) is 0 Å². The number of hydrogen-bond donors (Lipinski definition) is 2. The van der Waals surface area contributed by atoms with Crippen molar-refractivity contribution in [2.24, 2.45) is 0 Å². The Kier molecular flexibility index (Phi) is 5.31. The van der Waals surface area contributed by atoms with Crippen LogP contribution < -0.4 is 5.32 Å². The molecule has 0 radical (unpaired) electrons. The van der Waals surface area contributed by atoms with Gasteiger partial charge in [0.05, 0.1) is 5.92 Å². The van der Waals surface area contributed by atoms with Crippen molar-refractivity contribution in [3.63, 3.8) is 0 Å². The van der Waals surface area contributed by atoms with Gasteiger partial charge in [0.2, 0.25) is 5.91 Å². The van der Waals surface area contributed by atoms with Gasteiger partial charge in [0.15, 0.2) is 0 Å². The van der Waals surface area contributed by atoms with Crippen molar-refractivity contribution in [2.45, 2.75) is 25.3 Å². The molecule has 2 N–H and O–H groups in total. The molecule has 4 nitrogen and oxygen atoms in total. The summed E-state index contributed by atoms with van der Waals surface area (Å²) in [7, 11) is 0. The maximum absolute atomic E-state index is 12.5. The molecule has 0 heterocycles. The second-order valence-electron chi connectivity index (χ2n) is 5.22. The highest BCUT2D eigenvalue weighted by molar-refractivity contribution is 5.88. The highest BCUT2D eigenvalue weighted by Gasteiger charge is 2.24. The van der Waals surface area contributed by atoms with E-state index in [4.69, 9.17) is 5.11 Å². The number of carboxylic acid groups (broad SMARTS) is 1. The first-order valence-corrected chi connectivity index (χ1v) is 7.20. The number of nitrogens with one attached hydrogen (secondary N) is 1. The predicted molar refractivity (Wildman–Crippen MR) is 84.6 cm³/mol. The van der Waals surface area contributed by atoms with Crippen molar-refractivity contribution in [3.05, 3.63) is 71.8 Å². The molecule has 0 aliphatic rings. The highest BCUT2D eigenvalue weighted by Crippen LogP contribution is 2.21. The van der Waals surface area contributed by atoms with E-state index >= 15 is 0 Å². The summed E-state index contributed by atoms with van der Waals surface area (Å²) < 4.78 is 0. The third-order valence-corrected chi connectivity index (χ3v) is 3.53. The quantitative estimate of drug-likeness (QED) is 0.861. The van der Waals surface area contributed by atoms with Crippen LogP contribution in [0.1, 0.15) is 24.0 Å². The number of aliphatic carboxylic acids is 1. The van der Waals surface area contributed by atoms with Crippen LogP contribution in [-0.4, -0.2) is 23.0 Å². The molecule has 0 aromatic heterocycles. The predicted octanol–water partition coefficient (Wildman–Crippen LogP) is 2.60. The van der Waals surface area contributed by atoms with Gasteiger partial charge in [-0.2, -0.15) is 0 Å². The van der Waals surface area contributed by atoms with Crippen molar-refractivity contribution in [2.75, 3.05) is 0 Å². The summed E-state index contributed by atoms with van der Waals surface area (Å²) in [5, 5.41) is 11.5. The monoisotopic (exact) mass is 297 g/mol. The van der Waals surface area contributed by atoms with Gasteiger partial charge in [0, 0.05) is 0 Å². The first-order chi connectivity index (χ1) is 10.6. The van der Waals surface area contributed by atoms with Gasteiger partial charge in [-0.25, -0.2) is 0 Å². The molecule has 0 spiro atoms. The fourth-order valence-corrected chi connectivity index (χ4v) is 2.27. The van der Waals surface area contributed by atoms with Crippen LogP contribution in [0.25, 0.3) is 0 Å². The number of carbonyl (C=O) groups excluding carboxylic acids is 1. The van der Waals surface area contributed by atoms with Gasteiger partial charge in [-0.3, -0.25) is 9.59 Å². The van der Waals surface area contributed by atoms with Gasteiger partial charge >= 0.3 is 5.97 Å². The molecule has 2 aromatic rings. The van der Waals surface area contributed by atoms with E-state index in [9.17, 15) is 9.59 Å². The van der Waals surface area contributed by atoms with Crippen molar-refractivity contribution in [3.8, 4) is 0 Å². The zero-order valence-electron chi connectivity index (χ0n) is 12.4. The van der Waals surface area contributed by atoms with Crippen LogP contribution in [-0.2, 0) is 16.0 Å². The van der Waals surface area contributed by atoms with Crippen LogP contribution >= 0.6 is 0 Å². The number of carbonyl (C=O) groups is 2. The smallest absolute Gasteiger partial charge is 0.325 e. The van der Waals surface area contributed by atoms with E-state index in [1.807, 2.05) is 60.7 Å². The Labute approximate surface area is 129 Å². The van der Waals surface area contributed by atoms with E-state index in [1.54, 1.807) is 0 Å². The van der Waals surface area contributed by atoms with Crippen molar-refractivity contribution < 1.29 is 14.7 Å². The molecule has 2 rings (SSSR count). The number of amides is 1. The SMILES string of the molecule is CC(NC(=O)C(Cc1ccccc1)c1ccccc1)C(=O)O. The zero-order valence-corrected chi connectivity index (χ0v) is 12.4. The molecular weight excluding hydrogens is 278 g/mol. The summed E-state index contributed by atoms with van der Waals surface area (Å²) in [6.07, 6.45) is 0.531. The lowest BCUT2D eigenvalue weighted by Crippen LogP contribution is -2.41. The summed E-state index contributed by atoms with van der Waals surface area (Å²) in [4.78, 5) is 23.4. The van der Waals surface area contributed by atoms with Crippen LogP contribution in [0.3, 0.4) is 0 Å². The third kappa shape index (κ3) is 4.19. The van der Waals surface area contributed by atoms with E-state index < -0.39 is 17.9 Å². The summed E-state index contributed by atoms with van der Waals surface area (Å²) >= 11 is 0. The fourth-order valence-electron chi connectivity index (χ4n) is 2.27. The molecule has 0 saturated carbocycles. The largest absolute Gasteiger partial charge is 0.480 e. The molecular formula is C18H19NO3. The molecule has 1 amide bonds. The van der Waals surface area contributed by atoms with Gasteiger partial charge in [-0.15, -0.1) is 0 Å². The Morgan fingerprint density at radius 2 is 1.55 bits per heavy atom. The Morgan fingerprint density at radius 1 is 1.00 bits per heavy atom. The minimum absolute atomic E-state index is 0.273. The third-order valence-electron chi connectivity index (χ3n) is 3.53. The van der Waals surface area contributed by atoms with Crippen LogP contribution in [0.5, 0.6) is 0 Å². The first kappa shape index (κ1) is 15.8. The maximum atomic E-state index is 12.5. The second kappa shape index (κ2) is 7.41. The van der Waals surface area contributed by atoms with E-state index in [1.165, 1.54) is 6.92 Å². The number of rotatable bonds is 6. The van der Waals surface area contributed by atoms with Crippen LogP contribution in [0.15, 0.2) is 60.7 Å². The Balaban J connectivity index is 2.22. The lowest BCUT2D eigenvalue weighted by Gasteiger charge is -2.19. The molecule has 0 bridgehead atoms. The standard InChI is InChI=1S/C18H19NO3/c1-13(18(21)22)19-17(20)16(15-10-6-3-7-11-15)12-14-8-4-2-5-9-14/h2-11,13,16H,12H2,1H3,(H,19,20)(H,21,22). The molecule has 0 aliphatic carbocycles. The van der Waals surface area contributed by atoms with Gasteiger partial charge in [-0.1, -0.05) is 60.7 Å². The lowest BCUT2D eigenvalue weighted by molar-refractivity contribution is -0.141. The average molecular weight is 297 g/mol. The molecule has 2 atom stereocenters. The Morgan fingerprint density at radius 3 is 2.09 bits per heavy atom. The highest BCUT2D eigenvalue weighted by atomic mass is 16.4. The molecule has 2 unspecified atom stereocenters. The lowest BCUT2D eigenvalue weighted by atomic mass is 9.91. The second-order valence-corrected chi connectivity index (χ2v) is 5.22. The molecule has 0 saturated heterocycles. The Hall–Kier alpha value is -2.62. The molecule has 4 heteroatoms. The Bertz CT molecular complexity index is 625. The van der Waals surface area contributed by atoms with Crippen LogP contribution in [0.4, 0.5) is 0 Å². The van der Waals surface area contributed by atoms with E-state index in [-0.39, 0.29) is 5.91 Å². The van der Waals surface area contributed by atoms with Crippen molar-refractivity contribution >= 4 is 11.9 Å². The summed E-state index contributed by atoms with van der Waals surface area (Å²) in [5.74, 6) is -1.73. The van der Waals surface area contributed by atoms with Crippen molar-refractivity contribution in [1.82, 2.24) is 5.32 Å². The molecule has 0 aliphatic heterocycles. The normalized spacial score (nSPS) is 13.1. The summed E-state index contributed by atoms with van der Waals surface area (Å²) in [6, 6.07) is 18.2. The topological polar surface area (TPSA) is 66.4 Å². The summed E-state index contributed by atoms with van der Waals surface area (Å²) in [6.45, 7) is 1.46. The number of carboxylic acids is 1. The molecule has 2 aromatic carbocycles. The fraction of sp³-hybridized carbons (Fsp3) is 0.222. The van der Waals surface area contributed by atoms with Gasteiger partial charge < -0.3 is 10.4 Å². The van der Waals surface area contributed by atoms with Crippen LogP contribution in [0, 0.1) is 0 Å². The minimum Gasteiger partial charge on any atom is -0.480 e. The zero-order chi connectivity index (χ0) is 15.9. The maximum Gasteiger partial charge on any atom is 0.325 e. The molecule has 22 heavy (non-hydrogen) atoms. The summed E-state index contributed by atoms with van der Waals surface area (Å²) in [5.41, 5.74) is 1.91. The van der Waals surface area contributed by atoms with E-state index in [0.29, 0.717) is 6.42 Å². The van der Waals surface area contributed by atoms with Crippen LogP contribution in [0.2, 0.25) is 0 Å². The molecule has 0 fully saturated rings. The van der Waals surface area contributed by atoms with E-state index in [2.05, 4.69) is 5.32 Å². The average Bonchev–Trinajstić information content (AvgIpc) is 2.54. The molecule has 114 valence electrons. The van der Waals surface area contributed by atoms with Gasteiger partial charge in [0.1, 0.15) is 6.04 Å². The van der Waals surface area contributed by atoms with Gasteiger partial charge in [-0.05, 0) is 24.5 Å². The van der Waals surface area contributed by atoms with Crippen molar-refractivity contribution in [1.29, 1.82) is 0 Å². The number of benzene rings is 2.